The molecule has 2 aromatic carbocycles. The van der Waals surface area contributed by atoms with Crippen molar-refractivity contribution in [3.05, 3.63) is 75.1 Å². The summed E-state index contributed by atoms with van der Waals surface area (Å²) in [6, 6.07) is 12.1. The van der Waals surface area contributed by atoms with Crippen molar-refractivity contribution in [2.45, 2.75) is 46.1 Å². The normalized spacial score (nSPS) is 11.8. The lowest BCUT2D eigenvalue weighted by Gasteiger charge is -2.19. The fraction of sp³-hybridized carbons (Fsp3) is 0.320. The largest absolute Gasteiger partial charge is 0.548 e. The Labute approximate surface area is 186 Å². The lowest BCUT2D eigenvalue weighted by molar-refractivity contribution is -0.308. The lowest BCUT2D eigenvalue weighted by atomic mass is 9.98. The smallest absolute Gasteiger partial charge is 0.340 e. The number of rotatable bonds is 9. The van der Waals surface area contributed by atoms with E-state index in [4.69, 9.17) is 9.15 Å². The maximum absolute atomic E-state index is 12.7. The van der Waals surface area contributed by atoms with Crippen molar-refractivity contribution < 1.29 is 23.8 Å². The molecule has 0 spiro atoms. The third-order valence-electron chi connectivity index (χ3n) is 5.43. The monoisotopic (exact) mass is 436 g/mol. The second kappa shape index (κ2) is 10.1. The second-order valence-electron chi connectivity index (χ2n) is 7.74. The Kier molecular flexibility index (Phi) is 7.30. The zero-order chi connectivity index (χ0) is 23.3. The predicted molar refractivity (Wildman–Crippen MR) is 119 cm³/mol. The summed E-state index contributed by atoms with van der Waals surface area (Å²) in [4.78, 5) is 35.9. The molecule has 1 amide bonds. The van der Waals surface area contributed by atoms with Crippen molar-refractivity contribution in [1.29, 1.82) is 0 Å². The minimum Gasteiger partial charge on any atom is -0.548 e. The Hall–Kier alpha value is -3.61. The van der Waals surface area contributed by atoms with Gasteiger partial charge in [0.2, 0.25) is 0 Å². The van der Waals surface area contributed by atoms with Gasteiger partial charge < -0.3 is 24.4 Å². The molecule has 0 saturated carbocycles. The average Bonchev–Trinajstić information content (AvgIpc) is 2.77. The number of amides is 1. The molecule has 1 N–H and O–H groups in total. The minimum absolute atomic E-state index is 0.277. The molecule has 0 unspecified atom stereocenters. The van der Waals surface area contributed by atoms with E-state index in [1.54, 1.807) is 19.1 Å². The molecule has 7 nitrogen and oxygen atoms in total. The first-order valence-corrected chi connectivity index (χ1v) is 10.5. The van der Waals surface area contributed by atoms with Crippen molar-refractivity contribution in [2.75, 3.05) is 6.61 Å². The fourth-order valence-corrected chi connectivity index (χ4v) is 3.65. The van der Waals surface area contributed by atoms with Crippen LogP contribution in [0.25, 0.3) is 11.0 Å². The summed E-state index contributed by atoms with van der Waals surface area (Å²) in [6.07, 6.45) is 1.34. The molecule has 1 atom stereocenters. The molecule has 3 aromatic rings. The summed E-state index contributed by atoms with van der Waals surface area (Å²) in [5.74, 6) is -1.51. The number of carbonyl (C=O) groups is 2. The van der Waals surface area contributed by atoms with Gasteiger partial charge in [0.05, 0.1) is 12.0 Å². The van der Waals surface area contributed by atoms with E-state index >= 15 is 0 Å². The van der Waals surface area contributed by atoms with E-state index in [0.717, 1.165) is 16.5 Å². The van der Waals surface area contributed by atoms with Crippen LogP contribution in [0.3, 0.4) is 0 Å². The molecule has 0 aliphatic rings. The highest BCUT2D eigenvalue weighted by Gasteiger charge is 2.17. The summed E-state index contributed by atoms with van der Waals surface area (Å²) in [5.41, 5.74) is 3.04. The third kappa shape index (κ3) is 5.17. The van der Waals surface area contributed by atoms with Gasteiger partial charge in [0.1, 0.15) is 11.3 Å². The highest BCUT2D eigenvalue weighted by Crippen LogP contribution is 2.30. The van der Waals surface area contributed by atoms with Gasteiger partial charge in [-0.2, -0.15) is 0 Å². The maximum atomic E-state index is 12.7. The number of nitrogens with one attached hydrogen (secondary N) is 1. The molecule has 0 aliphatic carbocycles. The number of hydrogen-bond acceptors (Lipinski definition) is 6. The van der Waals surface area contributed by atoms with Crippen LogP contribution in [0.2, 0.25) is 0 Å². The van der Waals surface area contributed by atoms with Crippen LogP contribution in [0.5, 0.6) is 5.75 Å². The molecule has 3 rings (SSSR count). The van der Waals surface area contributed by atoms with Crippen LogP contribution >= 0.6 is 0 Å². The topological polar surface area (TPSA) is 109 Å². The van der Waals surface area contributed by atoms with Gasteiger partial charge in [-0.15, -0.1) is 0 Å². The molecule has 0 saturated heterocycles. The SMILES string of the molecule is CCC[C@@H](NC(=O)COc1ccc2c(C)c(Cc3ccccc3)c(=O)oc2c1C)C(=O)[O-]. The van der Waals surface area contributed by atoms with Crippen molar-refractivity contribution >= 4 is 22.8 Å². The number of fused-ring (bicyclic) bond motifs is 1. The first kappa shape index (κ1) is 23.1. The summed E-state index contributed by atoms with van der Waals surface area (Å²) < 4.78 is 11.2. The number of carboxylic acids is 1. The molecule has 0 fully saturated rings. The van der Waals surface area contributed by atoms with Gasteiger partial charge in [0.15, 0.2) is 6.61 Å². The van der Waals surface area contributed by atoms with Crippen LogP contribution in [0.1, 0.15) is 42.0 Å². The number of ether oxygens (including phenoxy) is 1. The summed E-state index contributed by atoms with van der Waals surface area (Å²) >= 11 is 0. The van der Waals surface area contributed by atoms with Gasteiger partial charge in [0.25, 0.3) is 5.91 Å². The Bertz CT molecular complexity index is 1180. The van der Waals surface area contributed by atoms with Gasteiger partial charge >= 0.3 is 5.63 Å². The first-order valence-electron chi connectivity index (χ1n) is 10.5. The maximum Gasteiger partial charge on any atom is 0.340 e. The van der Waals surface area contributed by atoms with E-state index in [0.29, 0.717) is 35.3 Å². The Balaban J connectivity index is 1.81. The van der Waals surface area contributed by atoms with Gasteiger partial charge in [-0.1, -0.05) is 43.7 Å². The van der Waals surface area contributed by atoms with Crippen LogP contribution in [0.15, 0.2) is 51.7 Å². The van der Waals surface area contributed by atoms with E-state index in [1.807, 2.05) is 44.2 Å². The molecule has 168 valence electrons. The first-order chi connectivity index (χ1) is 15.3. The standard InChI is InChI=1S/C25H27NO6/c1-4-8-20(24(28)29)26-22(27)14-31-21-12-11-18-15(2)19(13-17-9-6-5-7-10-17)25(30)32-23(18)16(21)3/h5-7,9-12,20H,4,8,13-14H2,1-3H3,(H,26,27)(H,28,29)/p-1/t20-/m1/s1. The molecule has 32 heavy (non-hydrogen) atoms. The van der Waals surface area contributed by atoms with Crippen molar-refractivity contribution in [2.24, 2.45) is 0 Å². The van der Waals surface area contributed by atoms with E-state index in [-0.39, 0.29) is 13.0 Å². The van der Waals surface area contributed by atoms with Crippen molar-refractivity contribution in [1.82, 2.24) is 5.32 Å². The van der Waals surface area contributed by atoms with E-state index in [2.05, 4.69) is 5.32 Å². The summed E-state index contributed by atoms with van der Waals surface area (Å²) in [6.45, 7) is 5.09. The Morgan fingerprint density at radius 2 is 1.81 bits per heavy atom. The van der Waals surface area contributed by atoms with Crippen LogP contribution in [0.4, 0.5) is 0 Å². The van der Waals surface area contributed by atoms with E-state index < -0.39 is 23.5 Å². The van der Waals surface area contributed by atoms with Crippen LogP contribution in [-0.2, 0) is 16.0 Å². The number of benzene rings is 2. The fourth-order valence-electron chi connectivity index (χ4n) is 3.65. The Morgan fingerprint density at radius 1 is 1.09 bits per heavy atom. The second-order valence-corrected chi connectivity index (χ2v) is 7.74. The highest BCUT2D eigenvalue weighted by atomic mass is 16.5. The van der Waals surface area contributed by atoms with E-state index in [9.17, 15) is 19.5 Å². The quantitative estimate of drug-likeness (QED) is 0.516. The number of aryl methyl sites for hydroxylation is 2. The van der Waals surface area contributed by atoms with Crippen LogP contribution in [0, 0.1) is 13.8 Å². The Morgan fingerprint density at radius 3 is 2.47 bits per heavy atom. The molecular weight excluding hydrogens is 410 g/mol. The molecule has 1 heterocycles. The molecule has 1 aromatic heterocycles. The molecular formula is C25H26NO6-. The number of hydrogen-bond donors (Lipinski definition) is 1. The van der Waals surface area contributed by atoms with Gasteiger partial charge in [-0.3, -0.25) is 4.79 Å². The van der Waals surface area contributed by atoms with Gasteiger partial charge in [-0.05, 0) is 43.5 Å². The van der Waals surface area contributed by atoms with Crippen LogP contribution in [-0.4, -0.2) is 24.5 Å². The molecule has 0 bridgehead atoms. The van der Waals surface area contributed by atoms with Crippen molar-refractivity contribution in [3.63, 3.8) is 0 Å². The predicted octanol–water partition coefficient (Wildman–Crippen LogP) is 2.41. The zero-order valence-electron chi connectivity index (χ0n) is 18.4. The molecule has 0 radical (unpaired) electrons. The molecule has 7 heteroatoms. The van der Waals surface area contributed by atoms with Gasteiger partial charge in [-0.25, -0.2) is 4.79 Å². The van der Waals surface area contributed by atoms with Gasteiger partial charge in [0, 0.05) is 22.9 Å². The zero-order valence-corrected chi connectivity index (χ0v) is 18.4. The van der Waals surface area contributed by atoms with Crippen molar-refractivity contribution in [3.8, 4) is 5.75 Å². The third-order valence-corrected chi connectivity index (χ3v) is 5.43. The summed E-state index contributed by atoms with van der Waals surface area (Å²) in [7, 11) is 0. The lowest BCUT2D eigenvalue weighted by Crippen LogP contribution is -2.49. The highest BCUT2D eigenvalue weighted by molar-refractivity contribution is 5.86. The van der Waals surface area contributed by atoms with E-state index in [1.165, 1.54) is 0 Å². The number of aliphatic carboxylic acids is 1. The van der Waals surface area contributed by atoms with Crippen LogP contribution < -0.4 is 20.8 Å². The molecule has 0 aliphatic heterocycles. The average molecular weight is 436 g/mol. The number of carboxylic acid groups (broad SMARTS) is 1. The summed E-state index contributed by atoms with van der Waals surface area (Å²) in [5, 5.41) is 14.3. The number of carbonyl (C=O) groups excluding carboxylic acids is 2. The minimum atomic E-state index is -1.33.